The predicted octanol–water partition coefficient (Wildman–Crippen LogP) is 3.11. The summed E-state index contributed by atoms with van der Waals surface area (Å²) in [6.45, 7) is 1.85. The van der Waals surface area contributed by atoms with Gasteiger partial charge in [0.25, 0.3) is 5.91 Å². The third kappa shape index (κ3) is 4.35. The van der Waals surface area contributed by atoms with Gasteiger partial charge in [-0.2, -0.15) is 10.2 Å². The number of carbonyl (C=O) groups is 1. The van der Waals surface area contributed by atoms with Crippen LogP contribution in [0.5, 0.6) is 0 Å². The van der Waals surface area contributed by atoms with E-state index in [0.717, 1.165) is 16.7 Å². The molecule has 0 saturated heterocycles. The molecular formula is C22H21N5O. The first-order chi connectivity index (χ1) is 13.8. The molecule has 1 N–H and O–H groups in total. The topological polar surface area (TPSA) is 64.7 Å². The van der Waals surface area contributed by atoms with E-state index in [2.05, 4.69) is 21.6 Å². The number of aromatic nitrogens is 4. The summed E-state index contributed by atoms with van der Waals surface area (Å²) in [6, 6.07) is 19.5. The van der Waals surface area contributed by atoms with Gasteiger partial charge in [0.05, 0.1) is 13.1 Å². The highest BCUT2D eigenvalue weighted by Crippen LogP contribution is 2.11. The molecule has 1 amide bonds. The van der Waals surface area contributed by atoms with Crippen molar-refractivity contribution in [2.45, 2.75) is 19.6 Å². The van der Waals surface area contributed by atoms with E-state index in [4.69, 9.17) is 0 Å². The van der Waals surface area contributed by atoms with Crippen molar-refractivity contribution < 1.29 is 4.79 Å². The SMILES string of the molecule is O=C(NCc1ccccc1Cn1cccn1)c1ccc(Cn2cccn2)cc1. The van der Waals surface area contributed by atoms with E-state index in [1.807, 2.05) is 76.4 Å². The minimum Gasteiger partial charge on any atom is -0.348 e. The van der Waals surface area contributed by atoms with Crippen LogP contribution in [0.25, 0.3) is 0 Å². The van der Waals surface area contributed by atoms with Gasteiger partial charge in [-0.15, -0.1) is 0 Å². The number of carbonyl (C=O) groups excluding carboxylic acids is 1. The summed E-state index contributed by atoms with van der Waals surface area (Å²) in [4.78, 5) is 12.5. The highest BCUT2D eigenvalue weighted by atomic mass is 16.1. The van der Waals surface area contributed by atoms with Gasteiger partial charge in [-0.3, -0.25) is 14.2 Å². The van der Waals surface area contributed by atoms with Crippen LogP contribution in [0.4, 0.5) is 0 Å². The van der Waals surface area contributed by atoms with Crippen molar-refractivity contribution in [2.24, 2.45) is 0 Å². The summed E-state index contributed by atoms with van der Waals surface area (Å²) < 4.78 is 3.73. The first-order valence-electron chi connectivity index (χ1n) is 9.17. The summed E-state index contributed by atoms with van der Waals surface area (Å²) >= 11 is 0. The zero-order valence-corrected chi connectivity index (χ0v) is 15.4. The maximum absolute atomic E-state index is 12.5. The number of benzene rings is 2. The van der Waals surface area contributed by atoms with Crippen molar-refractivity contribution >= 4 is 5.91 Å². The van der Waals surface area contributed by atoms with Crippen LogP contribution in [0, 0.1) is 0 Å². The Balaban J connectivity index is 1.38. The molecule has 2 heterocycles. The van der Waals surface area contributed by atoms with Gasteiger partial charge in [-0.1, -0.05) is 36.4 Å². The molecule has 2 aromatic carbocycles. The normalized spacial score (nSPS) is 10.7. The first-order valence-corrected chi connectivity index (χ1v) is 9.17. The number of rotatable bonds is 7. The minimum atomic E-state index is -0.0838. The first kappa shape index (κ1) is 17.7. The Hall–Kier alpha value is -3.67. The zero-order chi connectivity index (χ0) is 19.2. The van der Waals surface area contributed by atoms with E-state index in [1.54, 1.807) is 12.4 Å². The van der Waals surface area contributed by atoms with E-state index in [1.165, 1.54) is 0 Å². The van der Waals surface area contributed by atoms with E-state index in [0.29, 0.717) is 25.2 Å². The molecule has 4 aromatic rings. The van der Waals surface area contributed by atoms with E-state index >= 15 is 0 Å². The summed E-state index contributed by atoms with van der Waals surface area (Å²) in [7, 11) is 0. The molecular weight excluding hydrogens is 350 g/mol. The molecule has 0 radical (unpaired) electrons. The number of nitrogens with one attached hydrogen (secondary N) is 1. The molecule has 0 unspecified atom stereocenters. The van der Waals surface area contributed by atoms with Gasteiger partial charge in [-0.25, -0.2) is 0 Å². The Morgan fingerprint density at radius 3 is 2.07 bits per heavy atom. The number of amides is 1. The molecule has 2 aromatic heterocycles. The van der Waals surface area contributed by atoms with Crippen molar-refractivity contribution in [3.63, 3.8) is 0 Å². The maximum atomic E-state index is 12.5. The Labute approximate surface area is 163 Å². The second-order valence-corrected chi connectivity index (χ2v) is 6.56. The lowest BCUT2D eigenvalue weighted by atomic mass is 10.1. The fourth-order valence-electron chi connectivity index (χ4n) is 3.07. The Morgan fingerprint density at radius 1 is 0.786 bits per heavy atom. The second-order valence-electron chi connectivity index (χ2n) is 6.56. The lowest BCUT2D eigenvalue weighted by molar-refractivity contribution is 0.0951. The Bertz CT molecular complexity index is 1020. The molecule has 4 rings (SSSR count). The number of hydrogen-bond donors (Lipinski definition) is 1. The summed E-state index contributed by atoms with van der Waals surface area (Å²) in [5.41, 5.74) is 3.97. The van der Waals surface area contributed by atoms with E-state index in [-0.39, 0.29) is 5.91 Å². The summed E-state index contributed by atoms with van der Waals surface area (Å²) in [5.74, 6) is -0.0838. The summed E-state index contributed by atoms with van der Waals surface area (Å²) in [6.07, 6.45) is 7.37. The van der Waals surface area contributed by atoms with E-state index in [9.17, 15) is 4.79 Å². The van der Waals surface area contributed by atoms with Crippen LogP contribution in [0.2, 0.25) is 0 Å². The van der Waals surface area contributed by atoms with Crippen LogP contribution in [-0.4, -0.2) is 25.5 Å². The fraction of sp³-hybridized carbons (Fsp3) is 0.136. The predicted molar refractivity (Wildman–Crippen MR) is 107 cm³/mol. The molecule has 0 aliphatic carbocycles. The lowest BCUT2D eigenvalue weighted by Crippen LogP contribution is -2.23. The van der Waals surface area contributed by atoms with Gasteiger partial charge in [0.1, 0.15) is 0 Å². The van der Waals surface area contributed by atoms with Crippen LogP contribution in [0.3, 0.4) is 0 Å². The highest BCUT2D eigenvalue weighted by molar-refractivity contribution is 5.94. The molecule has 6 heteroatoms. The van der Waals surface area contributed by atoms with Crippen LogP contribution in [-0.2, 0) is 19.6 Å². The molecule has 28 heavy (non-hydrogen) atoms. The average Bonchev–Trinajstić information content (AvgIpc) is 3.42. The van der Waals surface area contributed by atoms with Gasteiger partial charge in [0, 0.05) is 36.9 Å². The van der Waals surface area contributed by atoms with Crippen molar-refractivity contribution in [1.82, 2.24) is 24.9 Å². The fourth-order valence-corrected chi connectivity index (χ4v) is 3.07. The Morgan fingerprint density at radius 2 is 1.43 bits per heavy atom. The molecule has 0 aliphatic rings. The highest BCUT2D eigenvalue weighted by Gasteiger charge is 2.08. The van der Waals surface area contributed by atoms with Crippen molar-refractivity contribution in [3.05, 3.63) is 108 Å². The summed E-state index contributed by atoms with van der Waals surface area (Å²) in [5, 5.41) is 11.5. The molecule has 140 valence electrons. The molecule has 0 bridgehead atoms. The molecule has 0 saturated carbocycles. The average molecular weight is 371 g/mol. The maximum Gasteiger partial charge on any atom is 0.251 e. The molecule has 0 fully saturated rings. The van der Waals surface area contributed by atoms with Crippen molar-refractivity contribution in [1.29, 1.82) is 0 Å². The van der Waals surface area contributed by atoms with Crippen LogP contribution >= 0.6 is 0 Å². The Kier molecular flexibility index (Phi) is 5.29. The minimum absolute atomic E-state index is 0.0838. The van der Waals surface area contributed by atoms with Gasteiger partial charge >= 0.3 is 0 Å². The van der Waals surface area contributed by atoms with Gasteiger partial charge in [0.2, 0.25) is 0 Å². The zero-order valence-electron chi connectivity index (χ0n) is 15.4. The molecule has 0 aliphatic heterocycles. The monoisotopic (exact) mass is 371 g/mol. The van der Waals surface area contributed by atoms with Crippen LogP contribution < -0.4 is 5.32 Å². The third-order valence-corrected chi connectivity index (χ3v) is 4.57. The third-order valence-electron chi connectivity index (χ3n) is 4.57. The van der Waals surface area contributed by atoms with E-state index < -0.39 is 0 Å². The van der Waals surface area contributed by atoms with Gasteiger partial charge in [0.15, 0.2) is 0 Å². The largest absolute Gasteiger partial charge is 0.348 e. The van der Waals surface area contributed by atoms with Crippen molar-refractivity contribution in [3.8, 4) is 0 Å². The smallest absolute Gasteiger partial charge is 0.251 e. The van der Waals surface area contributed by atoms with Crippen LogP contribution in [0.1, 0.15) is 27.0 Å². The second kappa shape index (κ2) is 8.35. The van der Waals surface area contributed by atoms with Gasteiger partial charge < -0.3 is 5.32 Å². The molecule has 6 nitrogen and oxygen atoms in total. The quantitative estimate of drug-likeness (QED) is 0.543. The van der Waals surface area contributed by atoms with Gasteiger partial charge in [-0.05, 0) is 41.0 Å². The number of hydrogen-bond acceptors (Lipinski definition) is 3. The molecule has 0 spiro atoms. The van der Waals surface area contributed by atoms with Crippen LogP contribution in [0.15, 0.2) is 85.5 Å². The lowest BCUT2D eigenvalue weighted by Gasteiger charge is -2.11. The molecule has 0 atom stereocenters. The van der Waals surface area contributed by atoms with Crippen molar-refractivity contribution in [2.75, 3.05) is 0 Å². The standard InChI is InChI=1S/C22H21N5O/c28-22(19-9-7-18(8-10-19)16-26-13-3-11-24-26)23-15-20-5-1-2-6-21(20)17-27-14-4-12-25-27/h1-14H,15-17H2,(H,23,28). The number of nitrogens with zero attached hydrogens (tertiary/aromatic N) is 4.